The molecule has 2 aromatic heterocycles. The minimum Gasteiger partial charge on any atom is -0.354 e. The Balaban J connectivity index is 1.64. The summed E-state index contributed by atoms with van der Waals surface area (Å²) < 4.78 is 2.46. The first kappa shape index (κ1) is 20.9. The van der Waals surface area contributed by atoms with Crippen LogP contribution in [0.2, 0.25) is 0 Å². The van der Waals surface area contributed by atoms with Crippen molar-refractivity contribution in [3.8, 4) is 0 Å². The minimum absolute atomic E-state index is 0.226. The lowest BCUT2D eigenvalue weighted by atomic mass is 10.1. The van der Waals surface area contributed by atoms with E-state index in [1.165, 1.54) is 11.3 Å². The van der Waals surface area contributed by atoms with E-state index in [1.807, 2.05) is 53.3 Å². The highest BCUT2D eigenvalue weighted by Crippen LogP contribution is 2.10. The third-order valence-electron chi connectivity index (χ3n) is 4.45. The SMILES string of the molecule is CCn1c(CCNC(=O)C(Cc2ccccc2)NC(=O)c2cccs2)n[nH]c1=S. The molecule has 152 valence electrons. The van der Waals surface area contributed by atoms with Crippen LogP contribution in [0.4, 0.5) is 0 Å². The normalized spacial score (nSPS) is 11.8. The summed E-state index contributed by atoms with van der Waals surface area (Å²) in [5.74, 6) is 0.318. The van der Waals surface area contributed by atoms with Gasteiger partial charge in [0.05, 0.1) is 4.88 Å². The fourth-order valence-corrected chi connectivity index (χ4v) is 3.89. The molecule has 0 saturated heterocycles. The zero-order chi connectivity index (χ0) is 20.6. The molecule has 2 amide bonds. The van der Waals surface area contributed by atoms with Crippen LogP contribution in [0.15, 0.2) is 47.8 Å². The average Bonchev–Trinajstić information content (AvgIpc) is 3.38. The van der Waals surface area contributed by atoms with Crippen LogP contribution in [0.1, 0.15) is 28.0 Å². The van der Waals surface area contributed by atoms with Gasteiger partial charge in [-0.15, -0.1) is 11.3 Å². The molecule has 0 spiro atoms. The van der Waals surface area contributed by atoms with Crippen LogP contribution in [0.5, 0.6) is 0 Å². The monoisotopic (exact) mass is 429 g/mol. The highest BCUT2D eigenvalue weighted by Gasteiger charge is 2.22. The van der Waals surface area contributed by atoms with E-state index in [-0.39, 0.29) is 11.8 Å². The number of carbonyl (C=O) groups is 2. The molecule has 3 rings (SSSR count). The van der Waals surface area contributed by atoms with Crippen LogP contribution < -0.4 is 10.6 Å². The third kappa shape index (κ3) is 5.61. The molecule has 3 aromatic rings. The molecule has 3 N–H and O–H groups in total. The molecule has 0 fully saturated rings. The Morgan fingerprint density at radius 2 is 2.03 bits per heavy atom. The summed E-state index contributed by atoms with van der Waals surface area (Å²) in [5, 5.41) is 14.6. The molecule has 1 unspecified atom stereocenters. The van der Waals surface area contributed by atoms with Crippen LogP contribution in [-0.4, -0.2) is 39.2 Å². The van der Waals surface area contributed by atoms with Gasteiger partial charge in [-0.3, -0.25) is 14.7 Å². The van der Waals surface area contributed by atoms with Gasteiger partial charge in [0.15, 0.2) is 4.77 Å². The predicted molar refractivity (Wildman–Crippen MR) is 116 cm³/mol. The van der Waals surface area contributed by atoms with E-state index in [2.05, 4.69) is 20.8 Å². The first-order chi connectivity index (χ1) is 14.1. The molecule has 9 heteroatoms. The van der Waals surface area contributed by atoms with Gasteiger partial charge in [-0.25, -0.2) is 0 Å². The van der Waals surface area contributed by atoms with Gasteiger partial charge in [0.2, 0.25) is 5.91 Å². The lowest BCUT2D eigenvalue weighted by Gasteiger charge is -2.18. The van der Waals surface area contributed by atoms with Gasteiger partial charge in [0.1, 0.15) is 11.9 Å². The molecule has 0 radical (unpaired) electrons. The number of nitrogens with one attached hydrogen (secondary N) is 3. The maximum atomic E-state index is 12.8. The molecular weight excluding hydrogens is 406 g/mol. The van der Waals surface area contributed by atoms with Crippen LogP contribution in [0.3, 0.4) is 0 Å². The molecule has 1 aromatic carbocycles. The lowest BCUT2D eigenvalue weighted by Crippen LogP contribution is -2.48. The summed E-state index contributed by atoms with van der Waals surface area (Å²) in [6.07, 6.45) is 0.959. The number of rotatable bonds is 9. The van der Waals surface area contributed by atoms with Crippen molar-refractivity contribution in [3.63, 3.8) is 0 Å². The topological polar surface area (TPSA) is 91.8 Å². The van der Waals surface area contributed by atoms with Gasteiger partial charge in [0, 0.05) is 25.9 Å². The molecule has 0 saturated carbocycles. The summed E-state index contributed by atoms with van der Waals surface area (Å²) in [5.41, 5.74) is 0.978. The van der Waals surface area contributed by atoms with Crippen LogP contribution in [0.25, 0.3) is 0 Å². The Kier molecular flexibility index (Phi) is 7.31. The second kappa shape index (κ2) is 10.1. The second-order valence-corrected chi connectivity index (χ2v) is 7.76. The van der Waals surface area contributed by atoms with Gasteiger partial charge in [0.25, 0.3) is 5.91 Å². The zero-order valence-corrected chi connectivity index (χ0v) is 17.7. The predicted octanol–water partition coefficient (Wildman–Crippen LogP) is 2.72. The number of hydrogen-bond acceptors (Lipinski definition) is 5. The van der Waals surface area contributed by atoms with Crippen LogP contribution in [0, 0.1) is 4.77 Å². The summed E-state index contributed by atoms with van der Waals surface area (Å²) in [6, 6.07) is 12.5. The van der Waals surface area contributed by atoms with E-state index in [0.29, 0.717) is 35.6 Å². The molecule has 2 heterocycles. The van der Waals surface area contributed by atoms with Gasteiger partial charge < -0.3 is 15.2 Å². The van der Waals surface area contributed by atoms with Crippen molar-refractivity contribution in [2.75, 3.05) is 6.54 Å². The average molecular weight is 430 g/mol. The Hall–Kier alpha value is -2.78. The summed E-state index contributed by atoms with van der Waals surface area (Å²) >= 11 is 6.53. The van der Waals surface area contributed by atoms with E-state index in [1.54, 1.807) is 6.07 Å². The Bertz CT molecular complexity index is 996. The molecule has 7 nitrogen and oxygen atoms in total. The van der Waals surface area contributed by atoms with Crippen molar-refractivity contribution < 1.29 is 9.59 Å². The molecule has 0 aliphatic rings. The third-order valence-corrected chi connectivity index (χ3v) is 5.63. The molecular formula is C20H23N5O2S2. The highest BCUT2D eigenvalue weighted by atomic mass is 32.1. The summed E-state index contributed by atoms with van der Waals surface area (Å²) in [6.45, 7) is 3.11. The summed E-state index contributed by atoms with van der Waals surface area (Å²) in [4.78, 5) is 25.9. The van der Waals surface area contributed by atoms with Crippen molar-refractivity contribution in [3.05, 3.63) is 68.9 Å². The van der Waals surface area contributed by atoms with E-state index in [0.717, 1.165) is 11.4 Å². The van der Waals surface area contributed by atoms with E-state index in [9.17, 15) is 9.59 Å². The standard InChI is InChI=1S/C20H23N5O2S2/c1-2-25-17(23-24-20(25)28)10-11-21-18(26)15(13-14-7-4-3-5-8-14)22-19(27)16-9-6-12-29-16/h3-9,12,15H,2,10-11,13H2,1H3,(H,21,26)(H,22,27)(H,24,28). The van der Waals surface area contributed by atoms with Crippen LogP contribution in [-0.2, 0) is 24.2 Å². The van der Waals surface area contributed by atoms with E-state index < -0.39 is 6.04 Å². The Labute approximate surface area is 178 Å². The van der Waals surface area contributed by atoms with E-state index in [4.69, 9.17) is 12.2 Å². The smallest absolute Gasteiger partial charge is 0.262 e. The Morgan fingerprint density at radius 1 is 1.24 bits per heavy atom. The number of nitrogens with zero attached hydrogens (tertiary/aromatic N) is 2. The van der Waals surface area contributed by atoms with Gasteiger partial charge in [-0.1, -0.05) is 36.4 Å². The fourth-order valence-electron chi connectivity index (χ4n) is 2.98. The molecule has 0 bridgehead atoms. The molecule has 0 aliphatic heterocycles. The van der Waals surface area contributed by atoms with E-state index >= 15 is 0 Å². The van der Waals surface area contributed by atoms with Gasteiger partial charge in [-0.05, 0) is 36.2 Å². The number of benzene rings is 1. The number of hydrogen-bond donors (Lipinski definition) is 3. The van der Waals surface area contributed by atoms with Crippen LogP contribution >= 0.6 is 23.6 Å². The number of aromatic nitrogens is 3. The van der Waals surface area contributed by atoms with Crippen molar-refractivity contribution in [1.29, 1.82) is 0 Å². The summed E-state index contributed by atoms with van der Waals surface area (Å²) in [7, 11) is 0. The number of H-pyrrole nitrogens is 1. The largest absolute Gasteiger partial charge is 0.354 e. The van der Waals surface area contributed by atoms with Gasteiger partial charge in [-0.2, -0.15) is 5.10 Å². The number of thiophene rings is 1. The highest BCUT2D eigenvalue weighted by molar-refractivity contribution is 7.71. The molecule has 1 atom stereocenters. The zero-order valence-electron chi connectivity index (χ0n) is 16.1. The van der Waals surface area contributed by atoms with Crippen molar-refractivity contribution >= 4 is 35.4 Å². The first-order valence-electron chi connectivity index (χ1n) is 9.38. The maximum absolute atomic E-state index is 12.8. The quantitative estimate of drug-likeness (QED) is 0.456. The minimum atomic E-state index is -0.668. The van der Waals surface area contributed by atoms with Crippen molar-refractivity contribution in [2.24, 2.45) is 0 Å². The van der Waals surface area contributed by atoms with Gasteiger partial charge >= 0.3 is 0 Å². The lowest BCUT2D eigenvalue weighted by molar-refractivity contribution is -0.122. The first-order valence-corrected chi connectivity index (χ1v) is 10.7. The second-order valence-electron chi connectivity index (χ2n) is 6.42. The maximum Gasteiger partial charge on any atom is 0.262 e. The number of aromatic amines is 1. The number of carbonyl (C=O) groups excluding carboxylic acids is 2. The molecule has 29 heavy (non-hydrogen) atoms. The van der Waals surface area contributed by atoms with Crippen molar-refractivity contribution in [1.82, 2.24) is 25.4 Å². The molecule has 0 aliphatic carbocycles. The fraction of sp³-hybridized carbons (Fsp3) is 0.300. The number of amides is 2. The Morgan fingerprint density at radius 3 is 2.72 bits per heavy atom. The van der Waals surface area contributed by atoms with Crippen molar-refractivity contribution in [2.45, 2.75) is 32.4 Å².